The van der Waals surface area contributed by atoms with Gasteiger partial charge < -0.3 is 10.6 Å². The maximum atomic E-state index is 6.06. The Labute approximate surface area is 172 Å². The van der Waals surface area contributed by atoms with E-state index >= 15 is 0 Å². The molecule has 4 aromatic rings. The molecule has 2 heterocycles. The summed E-state index contributed by atoms with van der Waals surface area (Å²) >= 11 is 12.0. The van der Waals surface area contributed by atoms with Crippen molar-refractivity contribution >= 4 is 51.3 Å². The van der Waals surface area contributed by atoms with E-state index in [0.717, 1.165) is 33.5 Å². The van der Waals surface area contributed by atoms with Crippen LogP contribution in [0, 0.1) is 6.92 Å². The van der Waals surface area contributed by atoms with Gasteiger partial charge in [0.2, 0.25) is 5.28 Å². The van der Waals surface area contributed by atoms with Crippen LogP contribution >= 0.6 is 23.2 Å². The van der Waals surface area contributed by atoms with Crippen molar-refractivity contribution in [2.75, 3.05) is 10.6 Å². The molecule has 0 aliphatic heterocycles. The summed E-state index contributed by atoms with van der Waals surface area (Å²) in [5, 5.41) is 8.65. The second kappa shape index (κ2) is 8.00. The standard InChI is InChI=1S/C21H17Cl2N5/c1-13-10-20(28-21(23)26-13)25-12-14-2-5-16(6-3-14)27-18-8-9-24-19-11-15(22)4-7-17(18)19/h2-11H,12H2,1H3,(H,24,27)(H,25,26,28). The van der Waals surface area contributed by atoms with Gasteiger partial charge in [0.05, 0.1) is 5.52 Å². The molecule has 5 nitrogen and oxygen atoms in total. The highest BCUT2D eigenvalue weighted by Crippen LogP contribution is 2.27. The number of hydrogen-bond donors (Lipinski definition) is 2. The van der Waals surface area contributed by atoms with Gasteiger partial charge in [-0.3, -0.25) is 4.98 Å². The predicted octanol–water partition coefficient (Wildman–Crippen LogP) is 6.00. The van der Waals surface area contributed by atoms with Crippen molar-refractivity contribution in [1.29, 1.82) is 0 Å². The number of aryl methyl sites for hydroxylation is 1. The minimum atomic E-state index is 0.243. The molecule has 2 aromatic heterocycles. The predicted molar refractivity (Wildman–Crippen MR) is 116 cm³/mol. The molecule has 0 bridgehead atoms. The Hall–Kier alpha value is -2.89. The number of hydrogen-bond acceptors (Lipinski definition) is 5. The van der Waals surface area contributed by atoms with Gasteiger partial charge >= 0.3 is 0 Å². The Morgan fingerprint density at radius 2 is 1.75 bits per heavy atom. The number of anilines is 3. The highest BCUT2D eigenvalue weighted by molar-refractivity contribution is 6.31. The van der Waals surface area contributed by atoms with Crippen LogP contribution in [0.15, 0.2) is 60.8 Å². The van der Waals surface area contributed by atoms with E-state index in [9.17, 15) is 0 Å². The molecule has 7 heteroatoms. The SMILES string of the molecule is Cc1cc(NCc2ccc(Nc3ccnc4cc(Cl)ccc34)cc2)nc(Cl)n1. The van der Waals surface area contributed by atoms with Crippen LogP contribution < -0.4 is 10.6 Å². The average molecular weight is 410 g/mol. The third kappa shape index (κ3) is 4.32. The van der Waals surface area contributed by atoms with Crippen LogP contribution in [0.3, 0.4) is 0 Å². The van der Waals surface area contributed by atoms with Crippen molar-refractivity contribution < 1.29 is 0 Å². The van der Waals surface area contributed by atoms with E-state index in [1.54, 1.807) is 6.20 Å². The first kappa shape index (κ1) is 18.5. The zero-order valence-electron chi connectivity index (χ0n) is 15.1. The molecular formula is C21H17Cl2N5. The van der Waals surface area contributed by atoms with Gasteiger partial charge in [0.1, 0.15) is 5.82 Å². The number of nitrogens with one attached hydrogen (secondary N) is 2. The maximum absolute atomic E-state index is 6.06. The summed E-state index contributed by atoms with van der Waals surface area (Å²) in [7, 11) is 0. The number of fused-ring (bicyclic) bond motifs is 1. The molecule has 2 N–H and O–H groups in total. The molecule has 0 radical (unpaired) electrons. The summed E-state index contributed by atoms with van der Waals surface area (Å²) in [6.07, 6.45) is 1.77. The lowest BCUT2D eigenvalue weighted by molar-refractivity contribution is 1.05. The Balaban J connectivity index is 1.46. The fourth-order valence-electron chi connectivity index (χ4n) is 2.91. The van der Waals surface area contributed by atoms with Crippen LogP contribution in [-0.4, -0.2) is 15.0 Å². The van der Waals surface area contributed by atoms with Crippen molar-refractivity contribution in [2.24, 2.45) is 0 Å². The van der Waals surface area contributed by atoms with E-state index in [4.69, 9.17) is 23.2 Å². The minimum Gasteiger partial charge on any atom is -0.366 e. The quantitative estimate of drug-likeness (QED) is 0.396. The van der Waals surface area contributed by atoms with Gasteiger partial charge in [-0.1, -0.05) is 23.7 Å². The van der Waals surface area contributed by atoms with Gasteiger partial charge in [-0.15, -0.1) is 0 Å². The summed E-state index contributed by atoms with van der Waals surface area (Å²) < 4.78 is 0. The number of aromatic nitrogens is 3. The van der Waals surface area contributed by atoms with E-state index in [1.165, 1.54) is 0 Å². The van der Waals surface area contributed by atoms with Crippen LogP contribution in [0.25, 0.3) is 10.9 Å². The molecule has 0 aliphatic rings. The molecule has 0 amide bonds. The second-order valence-corrected chi connectivity index (χ2v) is 7.13. The topological polar surface area (TPSA) is 62.7 Å². The van der Waals surface area contributed by atoms with Crippen LogP contribution in [0.1, 0.15) is 11.3 Å². The van der Waals surface area contributed by atoms with Gasteiger partial charge in [0.25, 0.3) is 0 Å². The van der Waals surface area contributed by atoms with Crippen molar-refractivity contribution in [2.45, 2.75) is 13.5 Å². The first-order chi connectivity index (χ1) is 13.6. The van der Waals surface area contributed by atoms with Crippen LogP contribution in [0.2, 0.25) is 10.3 Å². The lowest BCUT2D eigenvalue weighted by Gasteiger charge is -2.11. The molecule has 0 fully saturated rings. The number of halogens is 2. The third-order valence-corrected chi connectivity index (χ3v) is 4.64. The molecule has 2 aromatic carbocycles. The maximum Gasteiger partial charge on any atom is 0.224 e. The monoisotopic (exact) mass is 409 g/mol. The van der Waals surface area contributed by atoms with Gasteiger partial charge in [-0.25, -0.2) is 9.97 Å². The molecule has 0 saturated carbocycles. The Morgan fingerprint density at radius 3 is 2.54 bits per heavy atom. The Morgan fingerprint density at radius 1 is 0.929 bits per heavy atom. The zero-order valence-corrected chi connectivity index (χ0v) is 16.6. The lowest BCUT2D eigenvalue weighted by Crippen LogP contribution is -2.03. The summed E-state index contributed by atoms with van der Waals surface area (Å²) in [5.41, 5.74) is 4.79. The Bertz CT molecular complexity index is 1110. The number of rotatable bonds is 5. The highest BCUT2D eigenvalue weighted by atomic mass is 35.5. The van der Waals surface area contributed by atoms with Gasteiger partial charge in [-0.05, 0) is 60.5 Å². The molecule has 140 valence electrons. The summed E-state index contributed by atoms with van der Waals surface area (Å²) in [6, 6.07) is 17.7. The van der Waals surface area contributed by atoms with E-state index in [1.807, 2.05) is 49.4 Å². The van der Waals surface area contributed by atoms with E-state index in [-0.39, 0.29) is 5.28 Å². The van der Waals surface area contributed by atoms with Crippen LogP contribution in [-0.2, 0) is 6.54 Å². The fraction of sp³-hybridized carbons (Fsp3) is 0.0952. The molecule has 0 atom stereocenters. The largest absolute Gasteiger partial charge is 0.366 e. The van der Waals surface area contributed by atoms with Crippen molar-refractivity contribution in [3.05, 3.63) is 82.4 Å². The van der Waals surface area contributed by atoms with E-state index < -0.39 is 0 Å². The third-order valence-electron chi connectivity index (χ3n) is 4.24. The van der Waals surface area contributed by atoms with Gasteiger partial charge in [0.15, 0.2) is 0 Å². The minimum absolute atomic E-state index is 0.243. The first-order valence-electron chi connectivity index (χ1n) is 8.72. The molecule has 4 rings (SSSR count). The smallest absolute Gasteiger partial charge is 0.224 e. The van der Waals surface area contributed by atoms with E-state index in [0.29, 0.717) is 17.4 Å². The normalized spacial score (nSPS) is 10.8. The van der Waals surface area contributed by atoms with Crippen molar-refractivity contribution in [1.82, 2.24) is 15.0 Å². The number of nitrogens with zero attached hydrogens (tertiary/aromatic N) is 3. The molecule has 0 spiro atoms. The second-order valence-electron chi connectivity index (χ2n) is 6.36. The summed E-state index contributed by atoms with van der Waals surface area (Å²) in [6.45, 7) is 2.53. The number of benzene rings is 2. The molecule has 28 heavy (non-hydrogen) atoms. The van der Waals surface area contributed by atoms with Crippen molar-refractivity contribution in [3.63, 3.8) is 0 Å². The molecule has 0 aliphatic carbocycles. The zero-order chi connectivity index (χ0) is 19.5. The summed E-state index contributed by atoms with van der Waals surface area (Å²) in [5.74, 6) is 0.710. The Kier molecular flexibility index (Phi) is 5.28. The molecular weight excluding hydrogens is 393 g/mol. The highest BCUT2D eigenvalue weighted by Gasteiger charge is 2.04. The molecule has 0 saturated heterocycles. The van der Waals surface area contributed by atoms with Crippen LogP contribution in [0.5, 0.6) is 0 Å². The average Bonchev–Trinajstić information content (AvgIpc) is 2.67. The first-order valence-corrected chi connectivity index (χ1v) is 9.48. The lowest BCUT2D eigenvalue weighted by atomic mass is 10.1. The van der Waals surface area contributed by atoms with Gasteiger partial charge in [-0.2, -0.15) is 0 Å². The summed E-state index contributed by atoms with van der Waals surface area (Å²) in [4.78, 5) is 12.6. The molecule has 0 unspecified atom stereocenters. The fourth-order valence-corrected chi connectivity index (χ4v) is 3.30. The van der Waals surface area contributed by atoms with E-state index in [2.05, 4.69) is 37.7 Å². The number of pyridine rings is 1. The van der Waals surface area contributed by atoms with Gasteiger partial charge in [0, 0.05) is 46.3 Å². The van der Waals surface area contributed by atoms with Crippen LogP contribution in [0.4, 0.5) is 17.2 Å². The van der Waals surface area contributed by atoms with Crippen molar-refractivity contribution in [3.8, 4) is 0 Å².